The molecular weight excluding hydrogens is 203 g/mol. The number of nitro benzene ring substituents is 1. The number of aliphatic hydroxyl groups is 1. The molecule has 0 spiro atoms. The zero-order valence-electron chi connectivity index (χ0n) is 7.89. The molecule has 1 aromatic rings. The van der Waals surface area contributed by atoms with Crippen molar-refractivity contribution in [2.24, 2.45) is 5.73 Å². The lowest BCUT2D eigenvalue weighted by Crippen LogP contribution is -2.22. The molecule has 0 aromatic heterocycles. The summed E-state index contributed by atoms with van der Waals surface area (Å²) < 4.78 is 13.2. The van der Waals surface area contributed by atoms with Crippen molar-refractivity contribution in [2.45, 2.75) is 12.5 Å². The average molecular weight is 214 g/mol. The minimum atomic E-state index is -0.887. The van der Waals surface area contributed by atoms with E-state index >= 15 is 0 Å². The highest BCUT2D eigenvalue weighted by Crippen LogP contribution is 2.17. The topological polar surface area (TPSA) is 89.4 Å². The van der Waals surface area contributed by atoms with Crippen molar-refractivity contribution in [1.29, 1.82) is 0 Å². The first-order chi connectivity index (χ1) is 7.04. The number of aliphatic hydroxyl groups excluding tert-OH is 1. The smallest absolute Gasteiger partial charge is 0.269 e. The maximum absolute atomic E-state index is 13.2. The molecule has 1 rings (SSSR count). The average Bonchev–Trinajstić information content (AvgIpc) is 2.20. The molecular formula is C9H11FN2O3. The van der Waals surface area contributed by atoms with E-state index < -0.39 is 16.8 Å². The fourth-order valence-corrected chi connectivity index (χ4v) is 1.17. The Morgan fingerprint density at radius 3 is 2.80 bits per heavy atom. The molecule has 1 atom stereocenters. The van der Waals surface area contributed by atoms with Crippen molar-refractivity contribution in [1.82, 2.24) is 0 Å². The van der Waals surface area contributed by atoms with Crippen LogP contribution in [0.2, 0.25) is 0 Å². The summed E-state index contributed by atoms with van der Waals surface area (Å²) in [6.07, 6.45) is -0.911. The highest BCUT2D eigenvalue weighted by atomic mass is 19.1. The van der Waals surface area contributed by atoms with Gasteiger partial charge in [0.2, 0.25) is 0 Å². The quantitative estimate of drug-likeness (QED) is 0.567. The standard InChI is InChI=1S/C9H11FN2O3/c10-9-2-1-7(12(14)15)3-6(9)4-8(13)5-11/h1-3,8,13H,4-5,11H2. The van der Waals surface area contributed by atoms with Crippen LogP contribution in [-0.2, 0) is 6.42 Å². The number of nitrogens with zero attached hydrogens (tertiary/aromatic N) is 1. The highest BCUT2D eigenvalue weighted by Gasteiger charge is 2.13. The first kappa shape index (κ1) is 11.5. The molecule has 0 aliphatic carbocycles. The van der Waals surface area contributed by atoms with E-state index in [-0.39, 0.29) is 24.2 Å². The van der Waals surface area contributed by atoms with E-state index in [0.717, 1.165) is 18.2 Å². The predicted octanol–water partition coefficient (Wildman–Crippen LogP) is 0.596. The fraction of sp³-hybridized carbons (Fsp3) is 0.333. The third kappa shape index (κ3) is 2.97. The molecule has 3 N–H and O–H groups in total. The molecule has 1 aromatic carbocycles. The van der Waals surface area contributed by atoms with Gasteiger partial charge in [-0.05, 0) is 11.6 Å². The molecule has 0 fully saturated rings. The van der Waals surface area contributed by atoms with Crippen molar-refractivity contribution in [3.8, 4) is 0 Å². The Labute approximate surface area is 85.5 Å². The number of halogens is 1. The van der Waals surface area contributed by atoms with Crippen LogP contribution in [0.4, 0.5) is 10.1 Å². The van der Waals surface area contributed by atoms with Crippen molar-refractivity contribution in [3.63, 3.8) is 0 Å². The highest BCUT2D eigenvalue weighted by molar-refractivity contribution is 5.35. The van der Waals surface area contributed by atoms with E-state index in [0.29, 0.717) is 0 Å². The second-order valence-corrected chi connectivity index (χ2v) is 3.13. The second-order valence-electron chi connectivity index (χ2n) is 3.13. The van der Waals surface area contributed by atoms with Crippen molar-refractivity contribution in [2.75, 3.05) is 6.54 Å². The monoisotopic (exact) mass is 214 g/mol. The molecule has 0 radical (unpaired) electrons. The second kappa shape index (κ2) is 4.81. The van der Waals surface area contributed by atoms with E-state index in [9.17, 15) is 19.6 Å². The number of benzene rings is 1. The number of non-ortho nitro benzene ring substituents is 1. The Bertz CT molecular complexity index is 370. The van der Waals surface area contributed by atoms with E-state index in [1.165, 1.54) is 0 Å². The zero-order chi connectivity index (χ0) is 11.4. The Morgan fingerprint density at radius 1 is 1.60 bits per heavy atom. The zero-order valence-corrected chi connectivity index (χ0v) is 7.89. The van der Waals surface area contributed by atoms with Gasteiger partial charge in [-0.1, -0.05) is 0 Å². The Hall–Kier alpha value is -1.53. The maximum atomic E-state index is 13.2. The normalized spacial score (nSPS) is 12.5. The largest absolute Gasteiger partial charge is 0.391 e. The van der Waals surface area contributed by atoms with Gasteiger partial charge in [-0.2, -0.15) is 0 Å². The molecule has 0 aliphatic rings. The molecule has 0 aliphatic heterocycles. The number of rotatable bonds is 4. The van der Waals surface area contributed by atoms with Gasteiger partial charge in [0.05, 0.1) is 11.0 Å². The molecule has 0 amide bonds. The third-order valence-electron chi connectivity index (χ3n) is 1.97. The van der Waals surface area contributed by atoms with E-state index in [2.05, 4.69) is 0 Å². The van der Waals surface area contributed by atoms with Crippen LogP contribution in [0.15, 0.2) is 18.2 Å². The molecule has 0 saturated heterocycles. The number of hydrogen-bond acceptors (Lipinski definition) is 4. The summed E-state index contributed by atoms with van der Waals surface area (Å²) in [4.78, 5) is 9.80. The van der Waals surface area contributed by atoms with Crippen molar-refractivity contribution in [3.05, 3.63) is 39.7 Å². The van der Waals surface area contributed by atoms with Gasteiger partial charge in [0.25, 0.3) is 5.69 Å². The Morgan fingerprint density at radius 2 is 2.27 bits per heavy atom. The molecule has 82 valence electrons. The SMILES string of the molecule is NCC(O)Cc1cc([N+](=O)[O-])ccc1F. The third-order valence-corrected chi connectivity index (χ3v) is 1.97. The molecule has 0 saturated carbocycles. The van der Waals surface area contributed by atoms with Gasteiger partial charge < -0.3 is 10.8 Å². The summed E-state index contributed by atoms with van der Waals surface area (Å²) in [7, 11) is 0. The minimum absolute atomic E-state index is 0.0118. The molecule has 0 heterocycles. The summed E-state index contributed by atoms with van der Waals surface area (Å²) in [5, 5.41) is 19.6. The summed E-state index contributed by atoms with van der Waals surface area (Å²) in [5.74, 6) is -0.576. The van der Waals surface area contributed by atoms with Gasteiger partial charge in [0.15, 0.2) is 0 Å². The van der Waals surface area contributed by atoms with Gasteiger partial charge in [-0.3, -0.25) is 10.1 Å². The number of hydrogen-bond donors (Lipinski definition) is 2. The van der Waals surface area contributed by atoms with Gasteiger partial charge in [-0.15, -0.1) is 0 Å². The van der Waals surface area contributed by atoms with Crippen molar-refractivity contribution >= 4 is 5.69 Å². The first-order valence-corrected chi connectivity index (χ1v) is 4.35. The predicted molar refractivity (Wildman–Crippen MR) is 51.8 cm³/mol. The van der Waals surface area contributed by atoms with Gasteiger partial charge in [0.1, 0.15) is 5.82 Å². The van der Waals surface area contributed by atoms with Crippen LogP contribution in [0.5, 0.6) is 0 Å². The lowest BCUT2D eigenvalue weighted by atomic mass is 10.1. The van der Waals surface area contributed by atoms with Crippen LogP contribution >= 0.6 is 0 Å². The summed E-state index contributed by atoms with van der Waals surface area (Å²) in [5.41, 5.74) is 5.06. The Balaban J connectivity index is 2.95. The molecule has 6 heteroatoms. The van der Waals surface area contributed by atoms with Gasteiger partial charge in [-0.25, -0.2) is 4.39 Å². The van der Waals surface area contributed by atoms with E-state index in [4.69, 9.17) is 5.73 Å². The molecule has 0 bridgehead atoms. The molecule has 1 unspecified atom stereocenters. The van der Waals surface area contributed by atoms with E-state index in [1.807, 2.05) is 0 Å². The lowest BCUT2D eigenvalue weighted by Gasteiger charge is -2.07. The van der Waals surface area contributed by atoms with Gasteiger partial charge in [0, 0.05) is 25.1 Å². The van der Waals surface area contributed by atoms with E-state index in [1.54, 1.807) is 0 Å². The first-order valence-electron chi connectivity index (χ1n) is 4.35. The fourth-order valence-electron chi connectivity index (χ4n) is 1.17. The van der Waals surface area contributed by atoms with Crippen LogP contribution in [0.1, 0.15) is 5.56 Å². The molecule has 5 nitrogen and oxygen atoms in total. The number of nitro groups is 1. The number of nitrogens with two attached hydrogens (primary N) is 1. The van der Waals surface area contributed by atoms with Crippen LogP contribution in [0, 0.1) is 15.9 Å². The van der Waals surface area contributed by atoms with Crippen LogP contribution in [0.25, 0.3) is 0 Å². The van der Waals surface area contributed by atoms with Crippen LogP contribution in [0.3, 0.4) is 0 Å². The summed E-state index contributed by atoms with van der Waals surface area (Å²) in [6, 6.07) is 3.19. The lowest BCUT2D eigenvalue weighted by molar-refractivity contribution is -0.385. The summed E-state index contributed by atoms with van der Waals surface area (Å²) >= 11 is 0. The summed E-state index contributed by atoms with van der Waals surface area (Å²) in [6.45, 7) is -0.0118. The van der Waals surface area contributed by atoms with Crippen molar-refractivity contribution < 1.29 is 14.4 Å². The maximum Gasteiger partial charge on any atom is 0.269 e. The van der Waals surface area contributed by atoms with Crippen LogP contribution in [-0.4, -0.2) is 22.7 Å². The molecule has 15 heavy (non-hydrogen) atoms. The Kier molecular flexibility index (Phi) is 3.70. The van der Waals surface area contributed by atoms with Gasteiger partial charge >= 0.3 is 0 Å². The minimum Gasteiger partial charge on any atom is -0.391 e. The van der Waals surface area contributed by atoms with Crippen LogP contribution < -0.4 is 5.73 Å².